The number of esters is 1. The van der Waals surface area contributed by atoms with Crippen LogP contribution in [-0.2, 0) is 14.8 Å². The number of aromatic amines is 1. The van der Waals surface area contributed by atoms with Gasteiger partial charge in [0, 0.05) is 11.5 Å². The van der Waals surface area contributed by atoms with E-state index in [9.17, 15) is 13.2 Å². The number of ether oxygens (including phenoxy) is 1. The summed E-state index contributed by atoms with van der Waals surface area (Å²) in [5, 5.41) is 7.07. The largest absolute Gasteiger partial charge is 0.462 e. The van der Waals surface area contributed by atoms with Gasteiger partial charge in [-0.2, -0.15) is 5.10 Å². The molecule has 0 saturated heterocycles. The molecule has 1 heterocycles. The molecule has 0 bridgehead atoms. The Hall–Kier alpha value is -3.20. The molecule has 0 atom stereocenters. The zero-order chi connectivity index (χ0) is 21.0. The molecule has 2 aromatic carbocycles. The molecule has 152 valence electrons. The third kappa shape index (κ3) is 4.62. The zero-order valence-electron chi connectivity index (χ0n) is 16.3. The predicted octanol–water partition coefficient (Wildman–Crippen LogP) is 3.57. The van der Waals surface area contributed by atoms with E-state index in [1.165, 1.54) is 24.3 Å². The summed E-state index contributed by atoms with van der Waals surface area (Å²) in [7, 11) is -3.88. The molecule has 0 amide bonds. The van der Waals surface area contributed by atoms with E-state index in [1.54, 1.807) is 31.2 Å². The van der Waals surface area contributed by atoms with Crippen molar-refractivity contribution in [1.29, 1.82) is 0 Å². The predicted molar refractivity (Wildman–Crippen MR) is 109 cm³/mol. The summed E-state index contributed by atoms with van der Waals surface area (Å²) in [6.45, 7) is 5.92. The Balaban J connectivity index is 1.88. The lowest BCUT2D eigenvalue weighted by atomic mass is 10.1. The van der Waals surface area contributed by atoms with Crippen LogP contribution in [0, 0.1) is 0 Å². The summed E-state index contributed by atoms with van der Waals surface area (Å²) in [5.41, 5.74) is 1.20. The monoisotopic (exact) mass is 414 g/mol. The minimum Gasteiger partial charge on any atom is -0.462 e. The van der Waals surface area contributed by atoms with Gasteiger partial charge in [0.05, 0.1) is 22.8 Å². The molecule has 0 spiro atoms. The molecular weight excluding hydrogens is 392 g/mol. The molecule has 0 saturated carbocycles. The zero-order valence-corrected chi connectivity index (χ0v) is 17.2. The fraction of sp³-hybridized carbons (Fsp3) is 0.250. The second-order valence-corrected chi connectivity index (χ2v) is 8.28. The number of aromatic nitrogens is 3. The van der Waals surface area contributed by atoms with E-state index in [1.807, 2.05) is 13.8 Å². The molecule has 1 aromatic heterocycles. The summed E-state index contributed by atoms with van der Waals surface area (Å²) >= 11 is 0. The Morgan fingerprint density at radius 3 is 2.45 bits per heavy atom. The molecule has 0 aliphatic rings. The highest BCUT2D eigenvalue weighted by molar-refractivity contribution is 7.92. The number of sulfonamides is 1. The summed E-state index contributed by atoms with van der Waals surface area (Å²) < 4.78 is 33.1. The third-order valence-corrected chi connectivity index (χ3v) is 5.52. The topological polar surface area (TPSA) is 114 Å². The number of rotatable bonds is 7. The van der Waals surface area contributed by atoms with Gasteiger partial charge in [0.2, 0.25) is 0 Å². The summed E-state index contributed by atoms with van der Waals surface area (Å²) in [6, 6.07) is 12.5. The first kappa shape index (κ1) is 20.5. The average molecular weight is 414 g/mol. The minimum absolute atomic E-state index is 0.0261. The smallest absolute Gasteiger partial charge is 0.338 e. The van der Waals surface area contributed by atoms with Gasteiger partial charge < -0.3 is 4.74 Å². The van der Waals surface area contributed by atoms with E-state index in [4.69, 9.17) is 4.74 Å². The number of nitrogens with one attached hydrogen (secondary N) is 2. The van der Waals surface area contributed by atoms with Crippen molar-refractivity contribution in [3.63, 3.8) is 0 Å². The molecule has 29 heavy (non-hydrogen) atoms. The van der Waals surface area contributed by atoms with Crippen LogP contribution in [0.15, 0.2) is 53.4 Å². The Morgan fingerprint density at radius 1 is 1.14 bits per heavy atom. The van der Waals surface area contributed by atoms with E-state index in [-0.39, 0.29) is 23.0 Å². The van der Waals surface area contributed by atoms with Crippen molar-refractivity contribution in [3.8, 4) is 11.4 Å². The number of carbonyl (C=O) groups excluding carboxylic acids is 1. The number of anilines is 1. The number of benzene rings is 2. The summed E-state index contributed by atoms with van der Waals surface area (Å²) in [5.74, 6) is 0.787. The number of para-hydroxylation sites is 1. The molecule has 2 N–H and O–H groups in total. The number of hydrogen-bond acceptors (Lipinski definition) is 6. The second-order valence-electron chi connectivity index (χ2n) is 6.59. The lowest BCUT2D eigenvalue weighted by molar-refractivity contribution is 0.0526. The van der Waals surface area contributed by atoms with Crippen molar-refractivity contribution < 1.29 is 17.9 Å². The average Bonchev–Trinajstić information content (AvgIpc) is 3.19. The highest BCUT2D eigenvalue weighted by Gasteiger charge is 2.19. The van der Waals surface area contributed by atoms with E-state index in [0.717, 1.165) is 0 Å². The first-order valence-electron chi connectivity index (χ1n) is 9.13. The molecule has 8 nitrogen and oxygen atoms in total. The fourth-order valence-electron chi connectivity index (χ4n) is 2.61. The summed E-state index contributed by atoms with van der Waals surface area (Å²) in [6.07, 6.45) is 0. The van der Waals surface area contributed by atoms with Gasteiger partial charge in [-0.1, -0.05) is 26.0 Å². The van der Waals surface area contributed by atoms with Crippen LogP contribution < -0.4 is 4.72 Å². The molecular formula is C20H22N4O4S. The van der Waals surface area contributed by atoms with Gasteiger partial charge in [0.15, 0.2) is 5.82 Å². The maximum absolute atomic E-state index is 12.8. The molecule has 3 aromatic rings. The van der Waals surface area contributed by atoms with Gasteiger partial charge in [-0.15, -0.1) is 0 Å². The fourth-order valence-corrected chi connectivity index (χ4v) is 3.69. The molecule has 0 fully saturated rings. The van der Waals surface area contributed by atoms with Crippen LogP contribution in [0.4, 0.5) is 5.69 Å². The number of H-pyrrole nitrogens is 1. The molecule has 0 aliphatic carbocycles. The maximum Gasteiger partial charge on any atom is 0.338 e. The second kappa shape index (κ2) is 8.44. The van der Waals surface area contributed by atoms with E-state index in [0.29, 0.717) is 22.9 Å². The highest BCUT2D eigenvalue weighted by atomic mass is 32.2. The van der Waals surface area contributed by atoms with Gasteiger partial charge >= 0.3 is 5.97 Å². The van der Waals surface area contributed by atoms with Crippen molar-refractivity contribution in [2.45, 2.75) is 31.6 Å². The van der Waals surface area contributed by atoms with Gasteiger partial charge in [0.25, 0.3) is 10.0 Å². The van der Waals surface area contributed by atoms with Crippen molar-refractivity contribution in [1.82, 2.24) is 15.2 Å². The van der Waals surface area contributed by atoms with E-state index < -0.39 is 16.0 Å². The SMILES string of the molecule is CCOC(=O)c1ccc(S(=O)(=O)Nc2ccccc2-c2n[nH]c(C(C)C)n2)cc1. The normalized spacial score (nSPS) is 11.4. The Bertz CT molecular complexity index is 1110. The first-order valence-corrected chi connectivity index (χ1v) is 10.6. The Labute approximate surface area is 169 Å². The number of nitrogens with zero attached hydrogens (tertiary/aromatic N) is 2. The van der Waals surface area contributed by atoms with Crippen LogP contribution in [0.2, 0.25) is 0 Å². The van der Waals surface area contributed by atoms with E-state index >= 15 is 0 Å². The summed E-state index contributed by atoms with van der Waals surface area (Å²) in [4.78, 5) is 16.2. The van der Waals surface area contributed by atoms with E-state index in [2.05, 4.69) is 19.9 Å². The van der Waals surface area contributed by atoms with Gasteiger partial charge in [0.1, 0.15) is 5.82 Å². The number of carbonyl (C=O) groups is 1. The molecule has 3 rings (SSSR count). The van der Waals surface area contributed by atoms with Crippen molar-refractivity contribution in [2.75, 3.05) is 11.3 Å². The third-order valence-electron chi connectivity index (χ3n) is 4.14. The molecule has 0 unspecified atom stereocenters. The maximum atomic E-state index is 12.8. The number of hydrogen-bond donors (Lipinski definition) is 2. The van der Waals surface area contributed by atoms with Crippen molar-refractivity contribution >= 4 is 21.7 Å². The lowest BCUT2D eigenvalue weighted by Crippen LogP contribution is -2.14. The minimum atomic E-state index is -3.88. The van der Waals surface area contributed by atoms with Crippen molar-refractivity contribution in [3.05, 3.63) is 59.9 Å². The van der Waals surface area contributed by atoms with Gasteiger partial charge in [-0.3, -0.25) is 9.82 Å². The van der Waals surface area contributed by atoms with Crippen molar-refractivity contribution in [2.24, 2.45) is 0 Å². The van der Waals surface area contributed by atoms with Crippen LogP contribution in [0.3, 0.4) is 0 Å². The molecule has 0 radical (unpaired) electrons. The van der Waals surface area contributed by atoms with Crippen LogP contribution in [0.5, 0.6) is 0 Å². The van der Waals surface area contributed by atoms with Crippen LogP contribution in [0.1, 0.15) is 42.9 Å². The Morgan fingerprint density at radius 2 is 1.83 bits per heavy atom. The molecule has 0 aliphatic heterocycles. The Kier molecular flexibility index (Phi) is 5.97. The van der Waals surface area contributed by atoms with Crippen LogP contribution in [0.25, 0.3) is 11.4 Å². The van der Waals surface area contributed by atoms with Gasteiger partial charge in [-0.25, -0.2) is 18.2 Å². The lowest BCUT2D eigenvalue weighted by Gasteiger charge is -2.11. The molecule has 9 heteroatoms. The standard InChI is InChI=1S/C20H22N4O4S/c1-4-28-20(25)14-9-11-15(12-10-14)29(26,27)24-17-8-6-5-7-16(17)19-21-18(13(2)3)22-23-19/h5-13,24H,4H2,1-3H3,(H,21,22,23). The van der Waals surface area contributed by atoms with Gasteiger partial charge in [-0.05, 0) is 43.3 Å². The quantitative estimate of drug-likeness (QED) is 0.571. The first-order chi connectivity index (χ1) is 13.8. The van der Waals surface area contributed by atoms with Crippen LogP contribution in [-0.4, -0.2) is 36.2 Å². The highest BCUT2D eigenvalue weighted by Crippen LogP contribution is 2.28. The van der Waals surface area contributed by atoms with Crippen LogP contribution >= 0.6 is 0 Å².